The molecule has 1 aromatic carbocycles. The van der Waals surface area contributed by atoms with Crippen molar-refractivity contribution >= 4 is 18.3 Å². The highest BCUT2D eigenvalue weighted by atomic mass is 35.5. The zero-order valence-corrected chi connectivity index (χ0v) is 14.6. The minimum atomic E-state index is -0.159. The van der Waals surface area contributed by atoms with Gasteiger partial charge in [0.25, 0.3) is 5.91 Å². The molecule has 6 nitrogen and oxygen atoms in total. The number of ether oxygens (including phenoxy) is 3. The number of amides is 1. The summed E-state index contributed by atoms with van der Waals surface area (Å²) in [5, 5.41) is 2.88. The lowest BCUT2D eigenvalue weighted by Gasteiger charge is -2.14. The Morgan fingerprint density at radius 2 is 1.64 bits per heavy atom. The molecule has 0 fully saturated rings. The third kappa shape index (κ3) is 5.61. The molecule has 1 amide bonds. The number of carbonyl (C=O) groups excluding carboxylic acids is 1. The Bertz CT molecular complexity index is 456. The van der Waals surface area contributed by atoms with Gasteiger partial charge in [0.2, 0.25) is 5.75 Å². The number of hydrogen-bond donors (Lipinski definition) is 1. The Morgan fingerprint density at radius 1 is 1.09 bits per heavy atom. The van der Waals surface area contributed by atoms with E-state index in [1.807, 2.05) is 14.1 Å². The van der Waals surface area contributed by atoms with E-state index < -0.39 is 0 Å². The van der Waals surface area contributed by atoms with Crippen LogP contribution in [0.25, 0.3) is 0 Å². The largest absolute Gasteiger partial charge is 0.493 e. The molecule has 1 aromatic rings. The van der Waals surface area contributed by atoms with Gasteiger partial charge in [-0.25, -0.2) is 0 Å². The van der Waals surface area contributed by atoms with Crippen molar-refractivity contribution in [1.82, 2.24) is 10.2 Å². The van der Waals surface area contributed by atoms with Crippen LogP contribution in [-0.4, -0.2) is 59.3 Å². The van der Waals surface area contributed by atoms with Crippen LogP contribution in [0.1, 0.15) is 16.8 Å². The predicted octanol–water partition coefficient (Wildman–Crippen LogP) is 1.82. The standard InChI is InChI=1S/C15H24N2O4.ClH/c1-17(2)8-6-7-16-15(18)11-9-12(19-3)14(21-5)13(10-11)20-4;/h9-10H,6-8H2,1-5H3,(H,16,18);1H. The molecule has 22 heavy (non-hydrogen) atoms. The van der Waals surface area contributed by atoms with Gasteiger partial charge in [0.1, 0.15) is 0 Å². The molecule has 1 N–H and O–H groups in total. The second kappa shape index (κ2) is 10.1. The molecule has 126 valence electrons. The van der Waals surface area contributed by atoms with E-state index in [9.17, 15) is 4.79 Å². The number of hydrogen-bond acceptors (Lipinski definition) is 5. The van der Waals surface area contributed by atoms with Crippen LogP contribution < -0.4 is 19.5 Å². The maximum atomic E-state index is 12.1. The first-order chi connectivity index (χ1) is 10.0. The first-order valence-corrected chi connectivity index (χ1v) is 6.76. The van der Waals surface area contributed by atoms with Gasteiger partial charge in [-0.2, -0.15) is 0 Å². The van der Waals surface area contributed by atoms with Gasteiger partial charge >= 0.3 is 0 Å². The summed E-state index contributed by atoms with van der Waals surface area (Å²) in [5.74, 6) is 1.25. The van der Waals surface area contributed by atoms with Crippen LogP contribution in [0.3, 0.4) is 0 Å². The summed E-state index contributed by atoms with van der Waals surface area (Å²) in [7, 11) is 8.58. The highest BCUT2D eigenvalue weighted by molar-refractivity contribution is 5.95. The molecule has 0 heterocycles. The third-order valence-electron chi connectivity index (χ3n) is 2.99. The molecule has 0 aliphatic heterocycles. The summed E-state index contributed by atoms with van der Waals surface area (Å²) in [6.07, 6.45) is 0.892. The van der Waals surface area contributed by atoms with E-state index in [2.05, 4.69) is 10.2 Å². The van der Waals surface area contributed by atoms with Gasteiger partial charge in [0, 0.05) is 12.1 Å². The number of nitrogens with zero attached hydrogens (tertiary/aromatic N) is 1. The highest BCUT2D eigenvalue weighted by Gasteiger charge is 2.16. The number of halogens is 1. The lowest BCUT2D eigenvalue weighted by molar-refractivity contribution is 0.0951. The van der Waals surface area contributed by atoms with Gasteiger partial charge < -0.3 is 24.4 Å². The summed E-state index contributed by atoms with van der Waals surface area (Å²) >= 11 is 0. The van der Waals surface area contributed by atoms with E-state index in [1.54, 1.807) is 12.1 Å². The van der Waals surface area contributed by atoms with Gasteiger partial charge in [0.05, 0.1) is 21.3 Å². The van der Waals surface area contributed by atoms with Gasteiger partial charge in [-0.15, -0.1) is 12.4 Å². The lowest BCUT2D eigenvalue weighted by Crippen LogP contribution is -2.27. The Hall–Kier alpha value is -1.66. The predicted molar refractivity (Wildman–Crippen MR) is 88.9 cm³/mol. The first kappa shape index (κ1) is 20.3. The van der Waals surface area contributed by atoms with Crippen molar-refractivity contribution in [1.29, 1.82) is 0 Å². The molecular weight excluding hydrogens is 308 g/mol. The van der Waals surface area contributed by atoms with E-state index in [0.717, 1.165) is 13.0 Å². The summed E-state index contributed by atoms with van der Waals surface area (Å²) in [6.45, 7) is 1.54. The number of nitrogens with one attached hydrogen (secondary N) is 1. The van der Waals surface area contributed by atoms with Crippen LogP contribution in [0.4, 0.5) is 0 Å². The molecule has 0 aliphatic carbocycles. The topological polar surface area (TPSA) is 60.0 Å². The van der Waals surface area contributed by atoms with Crippen molar-refractivity contribution in [2.45, 2.75) is 6.42 Å². The van der Waals surface area contributed by atoms with Gasteiger partial charge in [-0.3, -0.25) is 4.79 Å². The molecule has 0 spiro atoms. The van der Waals surface area contributed by atoms with Crippen molar-refractivity contribution < 1.29 is 19.0 Å². The average molecular weight is 333 g/mol. The van der Waals surface area contributed by atoms with E-state index in [4.69, 9.17) is 14.2 Å². The van der Waals surface area contributed by atoms with Crippen molar-refractivity contribution in [2.75, 3.05) is 48.5 Å². The highest BCUT2D eigenvalue weighted by Crippen LogP contribution is 2.38. The monoisotopic (exact) mass is 332 g/mol. The molecule has 0 unspecified atom stereocenters. The first-order valence-electron chi connectivity index (χ1n) is 6.76. The normalized spacial score (nSPS) is 9.91. The Kier molecular flexibility index (Phi) is 9.37. The van der Waals surface area contributed by atoms with Crippen LogP contribution in [0.15, 0.2) is 12.1 Å². The van der Waals surface area contributed by atoms with Crippen LogP contribution in [-0.2, 0) is 0 Å². The number of carbonyl (C=O) groups is 1. The Labute approximate surface area is 138 Å². The molecule has 0 aromatic heterocycles. The molecular formula is C15H25ClN2O4. The van der Waals surface area contributed by atoms with Crippen LogP contribution in [0.2, 0.25) is 0 Å². The summed E-state index contributed by atoms with van der Waals surface area (Å²) < 4.78 is 15.7. The van der Waals surface area contributed by atoms with E-state index in [0.29, 0.717) is 29.4 Å². The average Bonchev–Trinajstić information content (AvgIpc) is 2.49. The number of rotatable bonds is 8. The second-order valence-electron chi connectivity index (χ2n) is 4.83. The van der Waals surface area contributed by atoms with Crippen molar-refractivity contribution in [3.8, 4) is 17.2 Å². The molecule has 0 atom stereocenters. The van der Waals surface area contributed by atoms with Crippen molar-refractivity contribution in [3.05, 3.63) is 17.7 Å². The smallest absolute Gasteiger partial charge is 0.251 e. The van der Waals surface area contributed by atoms with Gasteiger partial charge in [-0.05, 0) is 39.2 Å². The Balaban J connectivity index is 0.00000441. The van der Waals surface area contributed by atoms with Gasteiger partial charge in [-0.1, -0.05) is 0 Å². The minimum Gasteiger partial charge on any atom is -0.493 e. The van der Waals surface area contributed by atoms with Gasteiger partial charge in [0.15, 0.2) is 11.5 Å². The number of methoxy groups -OCH3 is 3. The summed E-state index contributed by atoms with van der Waals surface area (Å²) in [4.78, 5) is 14.2. The molecule has 0 aliphatic rings. The zero-order chi connectivity index (χ0) is 15.8. The minimum absolute atomic E-state index is 0. The molecule has 0 radical (unpaired) electrons. The molecule has 0 saturated heterocycles. The second-order valence-corrected chi connectivity index (χ2v) is 4.83. The molecule has 7 heteroatoms. The lowest BCUT2D eigenvalue weighted by atomic mass is 10.1. The Morgan fingerprint density at radius 3 is 2.05 bits per heavy atom. The van der Waals surface area contributed by atoms with Crippen molar-refractivity contribution in [3.63, 3.8) is 0 Å². The molecule has 0 bridgehead atoms. The van der Waals surface area contributed by atoms with Crippen LogP contribution in [0, 0.1) is 0 Å². The maximum Gasteiger partial charge on any atom is 0.251 e. The quantitative estimate of drug-likeness (QED) is 0.736. The van der Waals surface area contributed by atoms with Crippen LogP contribution in [0.5, 0.6) is 17.2 Å². The summed E-state index contributed by atoms with van der Waals surface area (Å²) in [6, 6.07) is 3.28. The third-order valence-corrected chi connectivity index (χ3v) is 2.99. The fourth-order valence-corrected chi connectivity index (χ4v) is 1.91. The maximum absolute atomic E-state index is 12.1. The van der Waals surface area contributed by atoms with Crippen LogP contribution >= 0.6 is 12.4 Å². The fourth-order valence-electron chi connectivity index (χ4n) is 1.91. The fraction of sp³-hybridized carbons (Fsp3) is 0.533. The summed E-state index contributed by atoms with van der Waals surface area (Å²) in [5.41, 5.74) is 0.481. The van der Waals surface area contributed by atoms with Crippen molar-refractivity contribution in [2.24, 2.45) is 0 Å². The van der Waals surface area contributed by atoms with E-state index >= 15 is 0 Å². The zero-order valence-electron chi connectivity index (χ0n) is 13.8. The van der Waals surface area contributed by atoms with E-state index in [1.165, 1.54) is 21.3 Å². The molecule has 0 saturated carbocycles. The molecule has 1 rings (SSSR count). The number of benzene rings is 1. The van der Waals surface area contributed by atoms with E-state index in [-0.39, 0.29) is 18.3 Å². The SMILES string of the molecule is COc1cc(C(=O)NCCCN(C)C)cc(OC)c1OC.Cl.